The van der Waals surface area contributed by atoms with E-state index in [0.29, 0.717) is 6.54 Å². The molecule has 0 saturated carbocycles. The molecule has 20 heavy (non-hydrogen) atoms. The summed E-state index contributed by atoms with van der Waals surface area (Å²) >= 11 is 0. The van der Waals surface area contributed by atoms with Crippen LogP contribution in [0, 0.1) is 0 Å². The van der Waals surface area contributed by atoms with Crippen molar-refractivity contribution in [2.75, 3.05) is 6.54 Å². The third-order valence-electron chi connectivity index (χ3n) is 3.26. The van der Waals surface area contributed by atoms with Crippen LogP contribution in [0.4, 0.5) is 0 Å². The molecule has 1 N–H and O–H groups in total. The summed E-state index contributed by atoms with van der Waals surface area (Å²) < 4.78 is 5.88. The SMILES string of the molecule is CCCNCc1ncc(-c2ccccc2C(C)(C)C)o1. The second kappa shape index (κ2) is 6.23. The van der Waals surface area contributed by atoms with Gasteiger partial charge < -0.3 is 9.73 Å². The van der Waals surface area contributed by atoms with Gasteiger partial charge in [0.25, 0.3) is 0 Å². The zero-order chi connectivity index (χ0) is 14.6. The largest absolute Gasteiger partial charge is 0.439 e. The van der Waals surface area contributed by atoms with Crippen LogP contribution >= 0.6 is 0 Å². The molecule has 0 aliphatic rings. The number of nitrogens with zero attached hydrogens (tertiary/aromatic N) is 1. The molecule has 2 aromatic rings. The minimum Gasteiger partial charge on any atom is -0.439 e. The molecule has 0 amide bonds. The number of rotatable bonds is 5. The molecule has 1 aromatic heterocycles. The van der Waals surface area contributed by atoms with E-state index in [2.05, 4.69) is 56.2 Å². The van der Waals surface area contributed by atoms with Crippen molar-refractivity contribution < 1.29 is 4.42 Å². The molecule has 0 unspecified atom stereocenters. The molecule has 3 heteroatoms. The molecule has 0 fully saturated rings. The predicted molar refractivity (Wildman–Crippen MR) is 82.6 cm³/mol. The smallest absolute Gasteiger partial charge is 0.208 e. The van der Waals surface area contributed by atoms with Crippen LogP contribution in [0.5, 0.6) is 0 Å². The van der Waals surface area contributed by atoms with Crippen molar-refractivity contribution in [2.45, 2.75) is 46.1 Å². The lowest BCUT2D eigenvalue weighted by Crippen LogP contribution is -2.13. The van der Waals surface area contributed by atoms with Gasteiger partial charge in [0.05, 0.1) is 12.7 Å². The van der Waals surface area contributed by atoms with Gasteiger partial charge in [-0.25, -0.2) is 4.98 Å². The average Bonchev–Trinajstić information content (AvgIpc) is 2.87. The number of oxazole rings is 1. The van der Waals surface area contributed by atoms with Gasteiger partial charge >= 0.3 is 0 Å². The summed E-state index contributed by atoms with van der Waals surface area (Å²) in [4.78, 5) is 4.36. The predicted octanol–water partition coefficient (Wildman–Crippen LogP) is 4.14. The Hall–Kier alpha value is -1.61. The highest BCUT2D eigenvalue weighted by atomic mass is 16.4. The second-order valence-corrected chi connectivity index (χ2v) is 6.09. The van der Waals surface area contributed by atoms with Gasteiger partial charge in [-0.05, 0) is 23.9 Å². The number of nitrogens with one attached hydrogen (secondary N) is 1. The maximum absolute atomic E-state index is 5.88. The summed E-state index contributed by atoms with van der Waals surface area (Å²) in [6.07, 6.45) is 2.94. The van der Waals surface area contributed by atoms with Crippen LogP contribution in [0.1, 0.15) is 45.6 Å². The first-order valence-corrected chi connectivity index (χ1v) is 7.27. The van der Waals surface area contributed by atoms with E-state index in [0.717, 1.165) is 30.2 Å². The highest BCUT2D eigenvalue weighted by Gasteiger charge is 2.20. The van der Waals surface area contributed by atoms with E-state index in [4.69, 9.17) is 4.42 Å². The van der Waals surface area contributed by atoms with Crippen molar-refractivity contribution in [1.29, 1.82) is 0 Å². The van der Waals surface area contributed by atoms with Crippen molar-refractivity contribution in [2.24, 2.45) is 0 Å². The average molecular weight is 272 g/mol. The van der Waals surface area contributed by atoms with E-state index in [1.165, 1.54) is 5.56 Å². The number of hydrogen-bond acceptors (Lipinski definition) is 3. The molecule has 108 valence electrons. The summed E-state index contributed by atoms with van der Waals surface area (Å²) in [5, 5.41) is 3.30. The monoisotopic (exact) mass is 272 g/mol. The Labute approximate surface area is 121 Å². The molecule has 3 nitrogen and oxygen atoms in total. The van der Waals surface area contributed by atoms with E-state index in [9.17, 15) is 0 Å². The lowest BCUT2D eigenvalue weighted by atomic mass is 9.83. The van der Waals surface area contributed by atoms with Gasteiger partial charge in [-0.15, -0.1) is 0 Å². The van der Waals surface area contributed by atoms with E-state index in [-0.39, 0.29) is 5.41 Å². The minimum absolute atomic E-state index is 0.0873. The fraction of sp³-hybridized carbons (Fsp3) is 0.471. The molecule has 0 saturated heterocycles. The summed E-state index contributed by atoms with van der Waals surface area (Å²) in [6.45, 7) is 10.5. The summed E-state index contributed by atoms with van der Waals surface area (Å²) in [6, 6.07) is 8.38. The summed E-state index contributed by atoms with van der Waals surface area (Å²) in [5.74, 6) is 1.60. The summed E-state index contributed by atoms with van der Waals surface area (Å²) in [5.41, 5.74) is 2.50. The lowest BCUT2D eigenvalue weighted by Gasteiger charge is -2.21. The maximum Gasteiger partial charge on any atom is 0.208 e. The third kappa shape index (κ3) is 3.48. The Morgan fingerprint density at radius 1 is 1.20 bits per heavy atom. The maximum atomic E-state index is 5.88. The van der Waals surface area contributed by atoms with Gasteiger partial charge in [0.15, 0.2) is 5.76 Å². The molecule has 1 aromatic carbocycles. The minimum atomic E-state index is 0.0873. The molecule has 2 rings (SSSR count). The van der Waals surface area contributed by atoms with E-state index in [1.54, 1.807) is 0 Å². The van der Waals surface area contributed by atoms with Crippen molar-refractivity contribution in [3.05, 3.63) is 41.9 Å². The number of hydrogen-bond donors (Lipinski definition) is 1. The Kier molecular flexibility index (Phi) is 4.61. The quantitative estimate of drug-likeness (QED) is 0.831. The molecule has 0 radical (unpaired) electrons. The zero-order valence-corrected chi connectivity index (χ0v) is 12.9. The summed E-state index contributed by atoms with van der Waals surface area (Å²) in [7, 11) is 0. The molecular weight excluding hydrogens is 248 g/mol. The van der Waals surface area contributed by atoms with Crippen LogP contribution in [-0.2, 0) is 12.0 Å². The van der Waals surface area contributed by atoms with Crippen LogP contribution in [0.3, 0.4) is 0 Å². The standard InChI is InChI=1S/C17H24N2O/c1-5-10-18-12-16-19-11-15(20-16)13-8-6-7-9-14(13)17(2,3)4/h6-9,11,18H,5,10,12H2,1-4H3. The van der Waals surface area contributed by atoms with Gasteiger partial charge in [0.2, 0.25) is 5.89 Å². The Morgan fingerprint density at radius 2 is 1.95 bits per heavy atom. The van der Waals surface area contributed by atoms with Crippen LogP contribution in [-0.4, -0.2) is 11.5 Å². The van der Waals surface area contributed by atoms with E-state index < -0.39 is 0 Å². The van der Waals surface area contributed by atoms with Gasteiger partial charge in [-0.2, -0.15) is 0 Å². The van der Waals surface area contributed by atoms with Gasteiger partial charge in [-0.3, -0.25) is 0 Å². The van der Waals surface area contributed by atoms with Crippen LogP contribution in [0.2, 0.25) is 0 Å². The van der Waals surface area contributed by atoms with Crippen LogP contribution in [0.15, 0.2) is 34.9 Å². The van der Waals surface area contributed by atoms with Crippen LogP contribution in [0.25, 0.3) is 11.3 Å². The van der Waals surface area contributed by atoms with Crippen molar-refractivity contribution in [3.8, 4) is 11.3 Å². The molecular formula is C17H24N2O. The highest BCUT2D eigenvalue weighted by Crippen LogP contribution is 2.33. The Morgan fingerprint density at radius 3 is 2.65 bits per heavy atom. The molecule has 1 heterocycles. The zero-order valence-electron chi connectivity index (χ0n) is 12.9. The molecule has 0 atom stereocenters. The fourth-order valence-electron chi connectivity index (χ4n) is 2.24. The van der Waals surface area contributed by atoms with Gasteiger partial charge in [0, 0.05) is 5.56 Å². The number of aromatic nitrogens is 1. The van der Waals surface area contributed by atoms with Gasteiger partial charge in [0.1, 0.15) is 0 Å². The van der Waals surface area contributed by atoms with Crippen molar-refractivity contribution >= 4 is 0 Å². The normalized spacial score (nSPS) is 11.8. The topological polar surface area (TPSA) is 38.1 Å². The van der Waals surface area contributed by atoms with Gasteiger partial charge in [-0.1, -0.05) is 52.0 Å². The van der Waals surface area contributed by atoms with Crippen LogP contribution < -0.4 is 5.32 Å². The Bertz CT molecular complexity index is 552. The first-order valence-electron chi connectivity index (χ1n) is 7.27. The molecule has 0 aliphatic heterocycles. The Balaban J connectivity index is 2.24. The first-order chi connectivity index (χ1) is 9.52. The first kappa shape index (κ1) is 14.8. The van der Waals surface area contributed by atoms with E-state index in [1.807, 2.05) is 12.3 Å². The van der Waals surface area contributed by atoms with E-state index >= 15 is 0 Å². The second-order valence-electron chi connectivity index (χ2n) is 6.09. The highest BCUT2D eigenvalue weighted by molar-refractivity contribution is 5.63. The third-order valence-corrected chi connectivity index (χ3v) is 3.26. The molecule has 0 aliphatic carbocycles. The fourth-order valence-corrected chi connectivity index (χ4v) is 2.24. The lowest BCUT2D eigenvalue weighted by molar-refractivity contribution is 0.476. The molecule has 0 bridgehead atoms. The number of benzene rings is 1. The van der Waals surface area contributed by atoms with Crippen molar-refractivity contribution in [3.63, 3.8) is 0 Å². The van der Waals surface area contributed by atoms with Crippen molar-refractivity contribution in [1.82, 2.24) is 10.3 Å². The molecule has 0 spiro atoms.